The number of esters is 1. The normalized spacial score (nSPS) is 13.0. The molecule has 0 fully saturated rings. The number of methoxy groups -OCH3 is 1. The van der Waals surface area contributed by atoms with E-state index in [0.717, 1.165) is 29.8 Å². The Bertz CT molecular complexity index is 1230. The first kappa shape index (κ1) is 26.4. The summed E-state index contributed by atoms with van der Waals surface area (Å²) in [7, 11) is -2.86. The number of carbonyl (C=O) groups is 1. The zero-order valence-electron chi connectivity index (χ0n) is 19.3. The largest absolute Gasteiger partial charge is 0.469 e. The molecule has 0 aliphatic carbocycles. The summed E-state index contributed by atoms with van der Waals surface area (Å²) in [6, 6.07) is 19.0. The molecule has 0 N–H and O–H groups in total. The summed E-state index contributed by atoms with van der Waals surface area (Å²) in [4.78, 5) is 11.3. The van der Waals surface area contributed by atoms with Crippen molar-refractivity contribution in [3.05, 3.63) is 101 Å². The third kappa shape index (κ3) is 6.49. The maximum atomic E-state index is 13.7. The predicted octanol–water partition coefficient (Wildman–Crippen LogP) is 5.76. The van der Waals surface area contributed by atoms with E-state index < -0.39 is 27.8 Å². The van der Waals surface area contributed by atoms with E-state index in [0.29, 0.717) is 17.5 Å². The number of nitrogens with zero attached hydrogens (tertiary/aromatic N) is 1. The highest BCUT2D eigenvalue weighted by molar-refractivity contribution is 7.89. The second-order valence-electron chi connectivity index (χ2n) is 7.98. The van der Waals surface area contributed by atoms with Crippen LogP contribution in [-0.4, -0.2) is 25.8 Å². The van der Waals surface area contributed by atoms with Gasteiger partial charge in [-0.25, -0.2) is 8.42 Å². The van der Waals surface area contributed by atoms with E-state index in [1.54, 1.807) is 24.3 Å². The highest BCUT2D eigenvalue weighted by Gasteiger charge is 2.34. The van der Waals surface area contributed by atoms with Gasteiger partial charge in [-0.1, -0.05) is 61.5 Å². The Kier molecular flexibility index (Phi) is 8.34. The van der Waals surface area contributed by atoms with Crippen molar-refractivity contribution in [2.24, 2.45) is 0 Å². The molecule has 3 aromatic rings. The van der Waals surface area contributed by atoms with Gasteiger partial charge >= 0.3 is 12.1 Å². The number of carbonyl (C=O) groups excluding carboxylic acids is 1. The summed E-state index contributed by atoms with van der Waals surface area (Å²) < 4.78 is 72.4. The van der Waals surface area contributed by atoms with Gasteiger partial charge in [-0.15, -0.1) is 0 Å². The summed E-state index contributed by atoms with van der Waals surface area (Å²) in [5, 5.41) is 0. The lowest BCUT2D eigenvalue weighted by atomic mass is 10.0. The van der Waals surface area contributed by atoms with Crippen molar-refractivity contribution in [2.75, 3.05) is 7.11 Å². The maximum Gasteiger partial charge on any atom is 0.416 e. The zero-order chi connectivity index (χ0) is 25.6. The van der Waals surface area contributed by atoms with Gasteiger partial charge in [0.25, 0.3) is 0 Å². The first-order valence-corrected chi connectivity index (χ1v) is 12.4. The molecule has 3 rings (SSSR count). The lowest BCUT2D eigenvalue weighted by molar-refractivity contribution is -0.140. The second kappa shape index (κ2) is 11.0. The van der Waals surface area contributed by atoms with Crippen LogP contribution in [0.5, 0.6) is 0 Å². The molecule has 0 saturated heterocycles. The second-order valence-corrected chi connectivity index (χ2v) is 9.87. The molecule has 0 spiro atoms. The first-order chi connectivity index (χ1) is 16.6. The summed E-state index contributed by atoms with van der Waals surface area (Å²) in [6.45, 7) is 1.85. The van der Waals surface area contributed by atoms with Crippen molar-refractivity contribution in [1.29, 1.82) is 0 Å². The maximum absolute atomic E-state index is 13.7. The molecule has 0 aromatic heterocycles. The van der Waals surface area contributed by atoms with Crippen LogP contribution < -0.4 is 0 Å². The molecule has 5 nitrogen and oxygen atoms in total. The molecule has 0 amide bonds. The van der Waals surface area contributed by atoms with Crippen LogP contribution in [0.2, 0.25) is 0 Å². The Morgan fingerprint density at radius 3 is 2.00 bits per heavy atom. The number of alkyl halides is 3. The van der Waals surface area contributed by atoms with Crippen molar-refractivity contribution in [3.8, 4) is 0 Å². The molecule has 0 aliphatic heterocycles. The Hall–Kier alpha value is -3.17. The number of hydrogen-bond donors (Lipinski definition) is 0. The Labute approximate surface area is 203 Å². The predicted molar refractivity (Wildman–Crippen MR) is 126 cm³/mol. The van der Waals surface area contributed by atoms with Crippen LogP contribution in [0.3, 0.4) is 0 Å². The van der Waals surface area contributed by atoms with E-state index in [1.807, 2.05) is 37.3 Å². The van der Waals surface area contributed by atoms with Crippen LogP contribution in [-0.2, 0) is 38.7 Å². The van der Waals surface area contributed by atoms with Crippen LogP contribution in [0.15, 0.2) is 83.8 Å². The van der Waals surface area contributed by atoms with Crippen LogP contribution >= 0.6 is 0 Å². The lowest BCUT2D eigenvalue weighted by Gasteiger charge is -2.31. The van der Waals surface area contributed by atoms with Gasteiger partial charge in [0.05, 0.1) is 30.0 Å². The van der Waals surface area contributed by atoms with Gasteiger partial charge < -0.3 is 4.74 Å². The van der Waals surface area contributed by atoms with Gasteiger partial charge in [-0.05, 0) is 47.4 Å². The third-order valence-corrected chi connectivity index (χ3v) is 7.51. The molecule has 186 valence electrons. The molecule has 0 aliphatic rings. The van der Waals surface area contributed by atoms with Crippen molar-refractivity contribution in [2.45, 2.75) is 43.4 Å². The van der Waals surface area contributed by atoms with Crippen molar-refractivity contribution < 1.29 is 31.1 Å². The number of rotatable bonds is 9. The SMILES string of the molecule is CCC(c1ccccc1)N(Cc1ccc(CC(=O)OC)cc1)S(=O)(=O)c1ccc(C(F)(F)F)cc1. The fourth-order valence-electron chi connectivity index (χ4n) is 3.78. The monoisotopic (exact) mass is 505 g/mol. The molecular weight excluding hydrogens is 479 g/mol. The minimum absolute atomic E-state index is 0.00470. The molecular formula is C26H26F3NO4S. The highest BCUT2D eigenvalue weighted by Crippen LogP contribution is 2.34. The molecule has 1 atom stereocenters. The topological polar surface area (TPSA) is 63.7 Å². The number of ether oxygens (including phenoxy) is 1. The van der Waals surface area contributed by atoms with Gasteiger partial charge in [-0.2, -0.15) is 17.5 Å². The molecule has 0 saturated carbocycles. The highest BCUT2D eigenvalue weighted by atomic mass is 32.2. The van der Waals surface area contributed by atoms with Crippen molar-refractivity contribution in [1.82, 2.24) is 4.31 Å². The first-order valence-electron chi connectivity index (χ1n) is 10.9. The van der Waals surface area contributed by atoms with Gasteiger partial charge in [-0.3, -0.25) is 4.79 Å². The minimum Gasteiger partial charge on any atom is -0.469 e. The van der Waals surface area contributed by atoms with E-state index in [9.17, 15) is 26.4 Å². The quantitative estimate of drug-likeness (QED) is 0.347. The standard InChI is InChI=1S/C26H26F3NO4S/c1-3-24(21-7-5-4-6-8-21)30(18-20-11-9-19(10-12-20)17-25(31)34-2)35(32,33)23-15-13-22(14-16-23)26(27,28)29/h4-16,24H,3,17-18H2,1-2H3. The minimum atomic E-state index is -4.57. The molecule has 0 heterocycles. The smallest absolute Gasteiger partial charge is 0.416 e. The fourth-order valence-corrected chi connectivity index (χ4v) is 5.45. The van der Waals surface area contributed by atoms with E-state index in [4.69, 9.17) is 0 Å². The van der Waals surface area contributed by atoms with Gasteiger partial charge in [0.15, 0.2) is 0 Å². The summed E-state index contributed by atoms with van der Waals surface area (Å²) >= 11 is 0. The van der Waals surface area contributed by atoms with E-state index in [1.165, 1.54) is 11.4 Å². The number of hydrogen-bond acceptors (Lipinski definition) is 4. The summed E-state index contributed by atoms with van der Waals surface area (Å²) in [5.41, 5.74) is 1.24. The van der Waals surface area contributed by atoms with Crippen LogP contribution in [0, 0.1) is 0 Å². The average molecular weight is 506 g/mol. The molecule has 35 heavy (non-hydrogen) atoms. The van der Waals surface area contributed by atoms with Gasteiger partial charge in [0.1, 0.15) is 0 Å². The van der Waals surface area contributed by atoms with Crippen LogP contribution in [0.1, 0.15) is 41.6 Å². The lowest BCUT2D eigenvalue weighted by Crippen LogP contribution is -2.34. The van der Waals surface area contributed by atoms with E-state index >= 15 is 0 Å². The Morgan fingerprint density at radius 2 is 1.49 bits per heavy atom. The fraction of sp³-hybridized carbons (Fsp3) is 0.269. The number of benzene rings is 3. The Morgan fingerprint density at radius 1 is 0.914 bits per heavy atom. The Balaban J connectivity index is 2.00. The molecule has 1 unspecified atom stereocenters. The number of sulfonamides is 1. The van der Waals surface area contributed by atoms with E-state index in [-0.39, 0.29) is 23.8 Å². The van der Waals surface area contributed by atoms with E-state index in [2.05, 4.69) is 4.74 Å². The molecule has 0 radical (unpaired) electrons. The van der Waals surface area contributed by atoms with Crippen LogP contribution in [0.4, 0.5) is 13.2 Å². The average Bonchev–Trinajstić information content (AvgIpc) is 2.85. The summed E-state index contributed by atoms with van der Waals surface area (Å²) in [5.74, 6) is -0.389. The molecule has 0 bridgehead atoms. The van der Waals surface area contributed by atoms with Crippen LogP contribution in [0.25, 0.3) is 0 Å². The van der Waals surface area contributed by atoms with Gasteiger partial charge in [0.2, 0.25) is 10.0 Å². The van der Waals surface area contributed by atoms with Crippen molar-refractivity contribution >= 4 is 16.0 Å². The zero-order valence-corrected chi connectivity index (χ0v) is 20.1. The van der Waals surface area contributed by atoms with Gasteiger partial charge in [0, 0.05) is 6.54 Å². The molecule has 3 aromatic carbocycles. The molecule has 9 heteroatoms. The van der Waals surface area contributed by atoms with Crippen molar-refractivity contribution in [3.63, 3.8) is 0 Å². The number of halogens is 3. The third-order valence-electron chi connectivity index (χ3n) is 5.64. The summed E-state index contributed by atoms with van der Waals surface area (Å²) in [6.07, 6.45) is -4.03.